The van der Waals surface area contributed by atoms with Crippen molar-refractivity contribution in [2.75, 3.05) is 11.1 Å². The molecule has 1 aromatic carbocycles. The van der Waals surface area contributed by atoms with Gasteiger partial charge in [-0.1, -0.05) is 0 Å². The molecule has 0 unspecified atom stereocenters. The largest absolute Gasteiger partial charge is 0.368 e. The maximum atomic E-state index is 5.65. The number of hydrogen-bond donors (Lipinski definition) is 4. The Labute approximate surface area is 113 Å². The molecule has 0 saturated carbocycles. The van der Waals surface area contributed by atoms with Crippen molar-refractivity contribution in [3.8, 4) is 0 Å². The van der Waals surface area contributed by atoms with E-state index < -0.39 is 0 Å². The first kappa shape index (κ1) is 11.8. The Balaban J connectivity index is 1.97. The van der Waals surface area contributed by atoms with Crippen LogP contribution in [0, 0.1) is 0 Å². The van der Waals surface area contributed by atoms with Crippen molar-refractivity contribution >= 4 is 40.6 Å². The van der Waals surface area contributed by atoms with Crippen molar-refractivity contribution in [1.82, 2.24) is 19.9 Å². The highest BCUT2D eigenvalue weighted by Crippen LogP contribution is 2.23. The minimum Gasteiger partial charge on any atom is -0.368 e. The minimum absolute atomic E-state index is 0.177. The summed E-state index contributed by atoms with van der Waals surface area (Å²) < 4.78 is 0. The first-order chi connectivity index (χ1) is 9.26. The molecule has 0 saturated heterocycles. The second-order valence-corrected chi connectivity index (χ2v) is 4.51. The van der Waals surface area contributed by atoms with Gasteiger partial charge in [-0.25, -0.2) is 4.98 Å². The third-order valence-corrected chi connectivity index (χ3v) is 3.10. The molecule has 0 fully saturated rings. The summed E-state index contributed by atoms with van der Waals surface area (Å²) in [6.45, 7) is 0. The number of anilines is 3. The molecular weight excluding hydrogens is 262 g/mol. The van der Waals surface area contributed by atoms with Gasteiger partial charge in [0.05, 0.1) is 6.33 Å². The molecule has 0 radical (unpaired) electrons. The van der Waals surface area contributed by atoms with E-state index >= 15 is 0 Å². The quantitative estimate of drug-likeness (QED) is 0.536. The molecule has 0 spiro atoms. The molecule has 6 N–H and O–H groups in total. The molecular formula is C11H11N7S. The number of hydrogen-bond acceptors (Lipinski definition) is 7. The predicted molar refractivity (Wildman–Crippen MR) is 75.9 cm³/mol. The summed E-state index contributed by atoms with van der Waals surface area (Å²) in [4.78, 5) is 16.2. The molecule has 0 bridgehead atoms. The number of fused-ring (bicyclic) bond motifs is 1. The van der Waals surface area contributed by atoms with Crippen molar-refractivity contribution in [3.63, 3.8) is 0 Å². The van der Waals surface area contributed by atoms with Crippen LogP contribution in [0.2, 0.25) is 0 Å². The third kappa shape index (κ3) is 2.30. The Hall–Kier alpha value is -2.32. The van der Waals surface area contributed by atoms with Crippen LogP contribution < -0.4 is 16.2 Å². The van der Waals surface area contributed by atoms with Gasteiger partial charge in [-0.15, -0.1) is 0 Å². The Morgan fingerprint density at radius 3 is 2.68 bits per heavy atom. The van der Waals surface area contributed by atoms with E-state index in [9.17, 15) is 0 Å². The maximum absolute atomic E-state index is 5.65. The Morgan fingerprint density at radius 1 is 1.16 bits per heavy atom. The fraction of sp³-hybridized carbons (Fsp3) is 0. The molecule has 0 aliphatic rings. The van der Waals surface area contributed by atoms with Gasteiger partial charge in [0.15, 0.2) is 11.5 Å². The van der Waals surface area contributed by atoms with Crippen LogP contribution in [-0.4, -0.2) is 19.9 Å². The van der Waals surface area contributed by atoms with E-state index in [1.165, 1.54) is 11.9 Å². The number of nitrogens with one attached hydrogen (secondary N) is 2. The highest BCUT2D eigenvalue weighted by Gasteiger charge is 2.08. The van der Waals surface area contributed by atoms with Crippen molar-refractivity contribution in [3.05, 3.63) is 30.6 Å². The zero-order valence-corrected chi connectivity index (χ0v) is 10.6. The summed E-state index contributed by atoms with van der Waals surface area (Å²) in [5.41, 5.74) is 7.77. The topological polar surface area (TPSA) is 119 Å². The summed E-state index contributed by atoms with van der Waals surface area (Å²) >= 11 is 1.20. The van der Waals surface area contributed by atoms with E-state index in [1.807, 2.05) is 24.3 Å². The fourth-order valence-corrected chi connectivity index (χ4v) is 1.99. The van der Waals surface area contributed by atoms with Crippen LogP contribution in [0.4, 0.5) is 17.5 Å². The molecule has 96 valence electrons. The molecule has 0 atom stereocenters. The molecule has 0 amide bonds. The van der Waals surface area contributed by atoms with Crippen LogP contribution in [0.1, 0.15) is 0 Å². The van der Waals surface area contributed by atoms with Crippen LogP contribution in [0.5, 0.6) is 0 Å². The van der Waals surface area contributed by atoms with Crippen molar-refractivity contribution in [1.29, 1.82) is 0 Å². The van der Waals surface area contributed by atoms with Gasteiger partial charge < -0.3 is 16.0 Å². The molecule has 8 heteroatoms. The summed E-state index contributed by atoms with van der Waals surface area (Å²) in [5, 5.41) is 8.65. The summed E-state index contributed by atoms with van der Waals surface area (Å²) in [7, 11) is 0. The first-order valence-corrected chi connectivity index (χ1v) is 6.34. The lowest BCUT2D eigenvalue weighted by atomic mass is 10.3. The monoisotopic (exact) mass is 273 g/mol. The molecule has 0 aliphatic carbocycles. The van der Waals surface area contributed by atoms with Crippen LogP contribution in [0.25, 0.3) is 11.2 Å². The number of nitrogens with two attached hydrogens (primary N) is 2. The number of aromatic amines is 1. The van der Waals surface area contributed by atoms with Gasteiger partial charge in [-0.3, -0.25) is 5.14 Å². The van der Waals surface area contributed by atoms with Crippen molar-refractivity contribution in [2.24, 2.45) is 5.14 Å². The van der Waals surface area contributed by atoms with E-state index in [-0.39, 0.29) is 5.95 Å². The first-order valence-electron chi connectivity index (χ1n) is 5.46. The van der Waals surface area contributed by atoms with Crippen LogP contribution in [-0.2, 0) is 0 Å². The SMILES string of the molecule is NSc1ccc(Nc2nc(N)nc3nc[nH]c23)cc1. The molecule has 2 aromatic heterocycles. The maximum Gasteiger partial charge on any atom is 0.224 e. The number of benzene rings is 1. The fourth-order valence-electron chi connectivity index (χ4n) is 1.69. The molecule has 0 aliphatic heterocycles. The number of rotatable bonds is 3. The van der Waals surface area contributed by atoms with Crippen LogP contribution in [0.15, 0.2) is 35.5 Å². The summed E-state index contributed by atoms with van der Waals surface area (Å²) in [6, 6.07) is 7.66. The predicted octanol–water partition coefficient (Wildman–Crippen LogP) is 1.64. The molecule has 7 nitrogen and oxygen atoms in total. The molecule has 3 rings (SSSR count). The standard InChI is InChI=1S/C11H11N7S/c12-11-17-9-8(14-5-15-9)10(18-11)16-6-1-3-7(19-13)4-2-6/h1-5H,13H2,(H4,12,14,15,16,17,18). The smallest absolute Gasteiger partial charge is 0.224 e. The van der Waals surface area contributed by atoms with Gasteiger partial charge in [-0.05, 0) is 36.2 Å². The minimum atomic E-state index is 0.177. The third-order valence-electron chi connectivity index (χ3n) is 2.56. The van der Waals surface area contributed by atoms with Gasteiger partial charge >= 0.3 is 0 Å². The van der Waals surface area contributed by atoms with Gasteiger partial charge in [0.25, 0.3) is 0 Å². The van der Waals surface area contributed by atoms with E-state index in [4.69, 9.17) is 10.9 Å². The average molecular weight is 273 g/mol. The van der Waals surface area contributed by atoms with E-state index in [0.29, 0.717) is 17.0 Å². The highest BCUT2D eigenvalue weighted by atomic mass is 32.2. The molecule has 2 heterocycles. The second-order valence-electron chi connectivity index (χ2n) is 3.80. The lowest BCUT2D eigenvalue weighted by Gasteiger charge is -2.07. The zero-order valence-electron chi connectivity index (χ0n) is 9.79. The van der Waals surface area contributed by atoms with Gasteiger partial charge in [0.2, 0.25) is 5.95 Å². The lowest BCUT2D eigenvalue weighted by Crippen LogP contribution is -2.01. The molecule has 19 heavy (non-hydrogen) atoms. The number of nitrogen functional groups attached to an aromatic ring is 1. The molecule has 3 aromatic rings. The number of nitrogens with zero attached hydrogens (tertiary/aromatic N) is 3. The van der Waals surface area contributed by atoms with Crippen molar-refractivity contribution in [2.45, 2.75) is 4.90 Å². The highest BCUT2D eigenvalue weighted by molar-refractivity contribution is 7.97. The van der Waals surface area contributed by atoms with Crippen molar-refractivity contribution < 1.29 is 0 Å². The number of aromatic nitrogens is 4. The number of H-pyrrole nitrogens is 1. The Morgan fingerprint density at radius 2 is 1.95 bits per heavy atom. The van der Waals surface area contributed by atoms with E-state index in [0.717, 1.165) is 10.6 Å². The Kier molecular flexibility index (Phi) is 2.94. The summed E-state index contributed by atoms with van der Waals surface area (Å²) in [6.07, 6.45) is 1.55. The van der Waals surface area contributed by atoms with Crippen LogP contribution in [0.3, 0.4) is 0 Å². The normalized spacial score (nSPS) is 10.8. The number of imidazole rings is 1. The van der Waals surface area contributed by atoms with Gasteiger partial charge in [0.1, 0.15) is 5.52 Å². The summed E-state index contributed by atoms with van der Waals surface area (Å²) in [5.74, 6) is 0.768. The van der Waals surface area contributed by atoms with Crippen LogP contribution >= 0.6 is 11.9 Å². The average Bonchev–Trinajstić information content (AvgIpc) is 2.88. The van der Waals surface area contributed by atoms with Gasteiger partial charge in [-0.2, -0.15) is 9.97 Å². The van der Waals surface area contributed by atoms with E-state index in [2.05, 4.69) is 25.3 Å². The van der Waals surface area contributed by atoms with E-state index in [1.54, 1.807) is 6.33 Å². The second kappa shape index (κ2) is 4.75. The zero-order chi connectivity index (χ0) is 13.2. The Bertz CT molecular complexity index is 707. The van der Waals surface area contributed by atoms with Gasteiger partial charge in [0, 0.05) is 10.6 Å². The lowest BCUT2D eigenvalue weighted by molar-refractivity contribution is 1.21.